The molecule has 0 atom stereocenters. The Hall–Kier alpha value is -0.780. The maximum absolute atomic E-state index is 11.0. The van der Waals surface area contributed by atoms with E-state index in [2.05, 4.69) is 0 Å². The summed E-state index contributed by atoms with van der Waals surface area (Å²) in [6.07, 6.45) is 0. The van der Waals surface area contributed by atoms with E-state index in [4.69, 9.17) is 21.5 Å². The Morgan fingerprint density at radius 1 is 1.29 bits per heavy atom. The molecule has 0 fully saturated rings. The predicted molar refractivity (Wildman–Crippen MR) is 68.7 cm³/mol. The molecule has 0 amide bonds. The van der Waals surface area contributed by atoms with E-state index >= 15 is 0 Å². The number of hydrogen-bond donors (Lipinski definition) is 1. The van der Waals surface area contributed by atoms with Gasteiger partial charge in [-0.1, -0.05) is 25.4 Å². The summed E-state index contributed by atoms with van der Waals surface area (Å²) in [5, 5.41) is 5.64. The van der Waals surface area contributed by atoms with Gasteiger partial charge in [-0.25, -0.2) is 13.6 Å². The highest BCUT2D eigenvalue weighted by atomic mass is 35.5. The summed E-state index contributed by atoms with van der Waals surface area (Å²) < 4.78 is 27.5. The number of primary sulfonamides is 1. The average molecular weight is 278 g/mol. The second-order valence-corrected chi connectivity index (χ2v) is 6.76. The van der Waals surface area contributed by atoms with Crippen LogP contribution >= 0.6 is 11.6 Å². The summed E-state index contributed by atoms with van der Waals surface area (Å²) in [7, 11) is -3.49. The van der Waals surface area contributed by atoms with Gasteiger partial charge < -0.3 is 4.74 Å². The molecule has 0 bridgehead atoms. The van der Waals surface area contributed by atoms with Crippen molar-refractivity contribution in [1.82, 2.24) is 0 Å². The minimum atomic E-state index is -3.49. The van der Waals surface area contributed by atoms with Crippen molar-refractivity contribution in [3.63, 3.8) is 0 Å². The molecule has 6 heteroatoms. The van der Waals surface area contributed by atoms with Crippen LogP contribution in [0.4, 0.5) is 0 Å². The third kappa shape index (κ3) is 5.91. The van der Waals surface area contributed by atoms with Crippen LogP contribution in [0.15, 0.2) is 24.3 Å². The van der Waals surface area contributed by atoms with Crippen molar-refractivity contribution in [3.8, 4) is 5.75 Å². The maximum atomic E-state index is 11.0. The number of nitrogens with two attached hydrogens (primary N) is 1. The number of benzene rings is 1. The van der Waals surface area contributed by atoms with Gasteiger partial charge in [0.15, 0.2) is 0 Å². The van der Waals surface area contributed by atoms with Crippen LogP contribution in [-0.4, -0.2) is 20.8 Å². The highest BCUT2D eigenvalue weighted by Crippen LogP contribution is 2.21. The Kier molecular flexibility index (Phi) is 4.41. The Balaban J connectivity index is 2.58. The van der Waals surface area contributed by atoms with E-state index in [1.807, 2.05) is 0 Å². The zero-order valence-corrected chi connectivity index (χ0v) is 11.4. The normalized spacial score (nSPS) is 12.5. The van der Waals surface area contributed by atoms with E-state index in [0.29, 0.717) is 10.8 Å². The second-order valence-electron chi connectivity index (χ2n) is 4.71. The first-order valence-electron chi connectivity index (χ1n) is 5.07. The van der Waals surface area contributed by atoms with Crippen LogP contribution in [0, 0.1) is 5.41 Å². The van der Waals surface area contributed by atoms with Gasteiger partial charge in [0, 0.05) is 10.4 Å². The van der Waals surface area contributed by atoms with E-state index in [9.17, 15) is 8.42 Å². The molecule has 96 valence electrons. The van der Waals surface area contributed by atoms with Gasteiger partial charge in [-0.05, 0) is 24.3 Å². The van der Waals surface area contributed by atoms with Crippen LogP contribution in [0.1, 0.15) is 13.8 Å². The lowest BCUT2D eigenvalue weighted by Crippen LogP contribution is -2.33. The lowest BCUT2D eigenvalue weighted by Gasteiger charge is -2.23. The van der Waals surface area contributed by atoms with Gasteiger partial charge in [0.25, 0.3) is 0 Å². The van der Waals surface area contributed by atoms with Crippen LogP contribution in [0.3, 0.4) is 0 Å². The molecule has 0 saturated carbocycles. The molecule has 2 N–H and O–H groups in total. The Bertz CT molecular complexity index is 468. The molecule has 0 saturated heterocycles. The summed E-state index contributed by atoms with van der Waals surface area (Å²) >= 11 is 5.74. The third-order valence-corrected chi connectivity index (χ3v) is 3.47. The maximum Gasteiger partial charge on any atom is 0.209 e. The van der Waals surface area contributed by atoms with Gasteiger partial charge >= 0.3 is 0 Å². The molecule has 0 heterocycles. The van der Waals surface area contributed by atoms with E-state index in [1.54, 1.807) is 38.1 Å². The molecule has 17 heavy (non-hydrogen) atoms. The van der Waals surface area contributed by atoms with Crippen molar-refractivity contribution in [2.75, 3.05) is 12.4 Å². The molecule has 0 aliphatic carbocycles. The van der Waals surface area contributed by atoms with E-state index in [-0.39, 0.29) is 12.4 Å². The number of hydrogen-bond acceptors (Lipinski definition) is 3. The van der Waals surface area contributed by atoms with Crippen LogP contribution in [0.2, 0.25) is 5.02 Å². The predicted octanol–water partition coefficient (Wildman–Crippen LogP) is 2.03. The SMILES string of the molecule is CC(C)(COc1ccc(Cl)cc1)CS(N)(=O)=O. The summed E-state index contributed by atoms with van der Waals surface area (Å²) in [5.41, 5.74) is -0.535. The van der Waals surface area contributed by atoms with Gasteiger partial charge in [0.05, 0.1) is 12.4 Å². The molecule has 1 rings (SSSR count). The molecular formula is C11H16ClNO3S. The lowest BCUT2D eigenvalue weighted by atomic mass is 9.98. The number of rotatable bonds is 5. The van der Waals surface area contributed by atoms with E-state index in [1.165, 1.54) is 0 Å². The van der Waals surface area contributed by atoms with Crippen molar-refractivity contribution in [2.45, 2.75) is 13.8 Å². The van der Waals surface area contributed by atoms with Crippen molar-refractivity contribution < 1.29 is 13.2 Å². The molecule has 0 aromatic heterocycles. The summed E-state index contributed by atoms with van der Waals surface area (Å²) in [5.74, 6) is 0.532. The largest absolute Gasteiger partial charge is 0.493 e. The fourth-order valence-corrected chi connectivity index (χ4v) is 2.69. The molecule has 1 aromatic rings. The zero-order chi connectivity index (χ0) is 13.1. The third-order valence-electron chi connectivity index (χ3n) is 2.04. The Labute approximate surface area is 107 Å². The van der Waals surface area contributed by atoms with Gasteiger partial charge in [0.2, 0.25) is 10.0 Å². The first kappa shape index (κ1) is 14.3. The Morgan fingerprint density at radius 2 is 1.82 bits per heavy atom. The fourth-order valence-electron chi connectivity index (χ4n) is 1.40. The number of halogens is 1. The van der Waals surface area contributed by atoms with Gasteiger partial charge in [-0.15, -0.1) is 0 Å². The summed E-state index contributed by atoms with van der Waals surface area (Å²) in [6.45, 7) is 3.84. The Morgan fingerprint density at radius 3 is 2.29 bits per heavy atom. The molecule has 0 aliphatic heterocycles. The summed E-state index contributed by atoms with van der Waals surface area (Å²) in [4.78, 5) is 0. The number of ether oxygens (including phenoxy) is 1. The lowest BCUT2D eigenvalue weighted by molar-refractivity contribution is 0.200. The van der Waals surface area contributed by atoms with Crippen molar-refractivity contribution in [1.29, 1.82) is 0 Å². The van der Waals surface area contributed by atoms with Gasteiger partial charge in [-0.2, -0.15) is 0 Å². The molecule has 4 nitrogen and oxygen atoms in total. The van der Waals surface area contributed by atoms with Crippen LogP contribution in [0.5, 0.6) is 5.75 Å². The highest BCUT2D eigenvalue weighted by molar-refractivity contribution is 7.89. The number of sulfonamides is 1. The first-order chi connectivity index (χ1) is 7.68. The van der Waals surface area contributed by atoms with E-state index in [0.717, 1.165) is 0 Å². The molecule has 0 aliphatic rings. The van der Waals surface area contributed by atoms with Crippen molar-refractivity contribution in [2.24, 2.45) is 10.6 Å². The molecule has 1 aromatic carbocycles. The van der Waals surface area contributed by atoms with Crippen molar-refractivity contribution in [3.05, 3.63) is 29.3 Å². The van der Waals surface area contributed by atoms with Crippen LogP contribution < -0.4 is 9.88 Å². The second kappa shape index (κ2) is 5.25. The molecule has 0 spiro atoms. The standard InChI is InChI=1S/C11H16ClNO3S/c1-11(2,8-17(13,14)15)7-16-10-5-3-9(12)4-6-10/h3-6H,7-8H2,1-2H3,(H2,13,14,15). The highest BCUT2D eigenvalue weighted by Gasteiger charge is 2.24. The monoisotopic (exact) mass is 277 g/mol. The van der Waals surface area contributed by atoms with E-state index < -0.39 is 15.4 Å². The van der Waals surface area contributed by atoms with Crippen LogP contribution in [-0.2, 0) is 10.0 Å². The average Bonchev–Trinajstić information content (AvgIpc) is 2.13. The molecule has 0 unspecified atom stereocenters. The van der Waals surface area contributed by atoms with Gasteiger partial charge in [0.1, 0.15) is 5.75 Å². The smallest absolute Gasteiger partial charge is 0.209 e. The fraction of sp³-hybridized carbons (Fsp3) is 0.455. The topological polar surface area (TPSA) is 69.4 Å². The minimum Gasteiger partial charge on any atom is -0.493 e. The van der Waals surface area contributed by atoms with Crippen LogP contribution in [0.25, 0.3) is 0 Å². The molecule has 0 radical (unpaired) electrons. The van der Waals surface area contributed by atoms with Crippen molar-refractivity contribution >= 4 is 21.6 Å². The zero-order valence-electron chi connectivity index (χ0n) is 9.81. The minimum absolute atomic E-state index is 0.117. The molecular weight excluding hydrogens is 262 g/mol. The summed E-state index contributed by atoms with van der Waals surface area (Å²) in [6, 6.07) is 6.89. The quantitative estimate of drug-likeness (QED) is 0.895. The van der Waals surface area contributed by atoms with Gasteiger partial charge in [-0.3, -0.25) is 0 Å². The first-order valence-corrected chi connectivity index (χ1v) is 7.16.